The van der Waals surface area contributed by atoms with Gasteiger partial charge in [-0.25, -0.2) is 9.18 Å². The molecular formula is C20H29FN4O4. The Bertz CT molecular complexity index is 790. The van der Waals surface area contributed by atoms with Crippen LogP contribution in [0.1, 0.15) is 26.7 Å². The molecule has 160 valence electrons. The Morgan fingerprint density at radius 2 is 2.17 bits per heavy atom. The van der Waals surface area contributed by atoms with E-state index in [1.165, 1.54) is 17.9 Å². The number of cyclic esters (lactones) is 1. The average molecular weight is 408 g/mol. The number of benzene rings is 1. The highest BCUT2D eigenvalue weighted by Gasteiger charge is 2.39. The summed E-state index contributed by atoms with van der Waals surface area (Å²) >= 11 is 0. The van der Waals surface area contributed by atoms with E-state index >= 15 is 0 Å². The van der Waals surface area contributed by atoms with E-state index in [0.717, 1.165) is 0 Å². The molecule has 2 N–H and O–H groups in total. The Labute approximate surface area is 170 Å². The predicted octanol–water partition coefficient (Wildman–Crippen LogP) is 1.53. The van der Waals surface area contributed by atoms with Crippen molar-refractivity contribution < 1.29 is 23.8 Å². The molecule has 3 atom stereocenters. The van der Waals surface area contributed by atoms with Gasteiger partial charge in [0.15, 0.2) is 0 Å². The molecule has 0 aliphatic carbocycles. The number of nitrogens with zero attached hydrogens (tertiary/aromatic N) is 3. The molecule has 3 rings (SSSR count). The van der Waals surface area contributed by atoms with E-state index in [0.29, 0.717) is 30.8 Å². The summed E-state index contributed by atoms with van der Waals surface area (Å²) in [6.07, 6.45) is -0.0194. The zero-order valence-corrected chi connectivity index (χ0v) is 17.3. The standard InChI is InChI=1S/C20H29FN4O4/c1-13-10-20(28,23(3)4)7-8-24(13)18-6-5-15(9-17(18)21)25-12-16(29-19(25)27)11-22-14(2)26/h5-6,9,13,16,28H,7-8,10-12H2,1-4H3,(H,22,26)/t13?,16?,20-/m0/s1. The Kier molecular flexibility index (Phi) is 6.00. The van der Waals surface area contributed by atoms with Crippen molar-refractivity contribution in [1.82, 2.24) is 10.2 Å². The zero-order chi connectivity index (χ0) is 21.3. The lowest BCUT2D eigenvalue weighted by molar-refractivity contribution is -0.119. The van der Waals surface area contributed by atoms with E-state index in [2.05, 4.69) is 5.32 Å². The molecule has 2 unspecified atom stereocenters. The highest BCUT2D eigenvalue weighted by atomic mass is 19.1. The van der Waals surface area contributed by atoms with Crippen LogP contribution in [0.5, 0.6) is 0 Å². The number of hydrogen-bond acceptors (Lipinski definition) is 6. The van der Waals surface area contributed by atoms with Gasteiger partial charge in [-0.3, -0.25) is 14.6 Å². The smallest absolute Gasteiger partial charge is 0.414 e. The lowest BCUT2D eigenvalue weighted by atomic mass is 9.93. The van der Waals surface area contributed by atoms with Gasteiger partial charge in [-0.05, 0) is 39.2 Å². The molecule has 29 heavy (non-hydrogen) atoms. The minimum Gasteiger partial charge on any atom is -0.442 e. The number of carbonyl (C=O) groups is 2. The Morgan fingerprint density at radius 3 is 2.76 bits per heavy atom. The normalized spacial score (nSPS) is 27.3. The lowest BCUT2D eigenvalue weighted by Gasteiger charge is -2.46. The van der Waals surface area contributed by atoms with Gasteiger partial charge in [-0.2, -0.15) is 0 Å². The number of ether oxygens (including phenoxy) is 1. The van der Waals surface area contributed by atoms with Crippen molar-refractivity contribution in [3.63, 3.8) is 0 Å². The summed E-state index contributed by atoms with van der Waals surface area (Å²) in [7, 11) is 3.68. The van der Waals surface area contributed by atoms with Crippen molar-refractivity contribution in [2.45, 2.75) is 44.6 Å². The number of carbonyl (C=O) groups excluding carboxylic acids is 2. The third-order valence-electron chi connectivity index (χ3n) is 5.75. The number of hydrogen-bond donors (Lipinski definition) is 2. The van der Waals surface area contributed by atoms with Crippen molar-refractivity contribution in [2.75, 3.05) is 43.5 Å². The van der Waals surface area contributed by atoms with E-state index in [4.69, 9.17) is 4.74 Å². The molecule has 0 bridgehead atoms. The first-order valence-corrected chi connectivity index (χ1v) is 9.79. The molecule has 2 aliphatic heterocycles. The third-order valence-corrected chi connectivity index (χ3v) is 5.75. The van der Waals surface area contributed by atoms with E-state index in [-0.39, 0.29) is 25.0 Å². The zero-order valence-electron chi connectivity index (χ0n) is 17.3. The van der Waals surface area contributed by atoms with Crippen LogP contribution in [0, 0.1) is 5.82 Å². The van der Waals surface area contributed by atoms with Gasteiger partial charge >= 0.3 is 6.09 Å². The van der Waals surface area contributed by atoms with Gasteiger partial charge in [-0.15, -0.1) is 0 Å². The number of rotatable bonds is 5. The molecule has 0 aromatic heterocycles. The van der Waals surface area contributed by atoms with Gasteiger partial charge in [0.2, 0.25) is 5.91 Å². The molecule has 0 spiro atoms. The molecule has 2 saturated heterocycles. The second-order valence-electron chi connectivity index (χ2n) is 8.06. The quantitative estimate of drug-likeness (QED) is 0.719. The summed E-state index contributed by atoms with van der Waals surface area (Å²) in [6, 6.07) is 4.64. The van der Waals surface area contributed by atoms with Crippen LogP contribution < -0.4 is 15.1 Å². The maximum absolute atomic E-state index is 14.9. The molecule has 9 heteroatoms. The maximum atomic E-state index is 14.9. The highest BCUT2D eigenvalue weighted by Crippen LogP contribution is 2.35. The molecular weight excluding hydrogens is 379 g/mol. The highest BCUT2D eigenvalue weighted by molar-refractivity contribution is 5.90. The third kappa shape index (κ3) is 4.45. The van der Waals surface area contributed by atoms with Crippen LogP contribution in [0.2, 0.25) is 0 Å². The molecule has 2 heterocycles. The number of nitrogens with one attached hydrogen (secondary N) is 1. The van der Waals surface area contributed by atoms with Crippen LogP contribution in [0.25, 0.3) is 0 Å². The number of aliphatic hydroxyl groups is 1. The fraction of sp³-hybridized carbons (Fsp3) is 0.600. The largest absolute Gasteiger partial charge is 0.442 e. The number of piperidine rings is 1. The van der Waals surface area contributed by atoms with Gasteiger partial charge < -0.3 is 20.1 Å². The van der Waals surface area contributed by atoms with Crippen molar-refractivity contribution in [1.29, 1.82) is 0 Å². The fourth-order valence-corrected chi connectivity index (χ4v) is 3.96. The molecule has 2 fully saturated rings. The van der Waals surface area contributed by atoms with Crippen molar-refractivity contribution >= 4 is 23.4 Å². The van der Waals surface area contributed by atoms with E-state index < -0.39 is 23.7 Å². The van der Waals surface area contributed by atoms with Crippen molar-refractivity contribution in [2.24, 2.45) is 0 Å². The number of anilines is 2. The monoisotopic (exact) mass is 408 g/mol. The summed E-state index contributed by atoms with van der Waals surface area (Å²) < 4.78 is 20.2. The minimum atomic E-state index is -0.894. The summed E-state index contributed by atoms with van der Waals surface area (Å²) in [5.74, 6) is -0.630. The van der Waals surface area contributed by atoms with Crippen molar-refractivity contribution in [3.8, 4) is 0 Å². The Hall–Kier alpha value is -2.39. The SMILES string of the molecule is CC(=O)NCC1CN(c2ccc(N3CC[C@@](O)(N(C)C)CC3C)c(F)c2)C(=O)O1. The van der Waals surface area contributed by atoms with Gasteiger partial charge in [0.25, 0.3) is 0 Å². The topological polar surface area (TPSA) is 85.4 Å². The second kappa shape index (κ2) is 8.16. The van der Waals surface area contributed by atoms with Gasteiger partial charge in [-0.1, -0.05) is 0 Å². The maximum Gasteiger partial charge on any atom is 0.414 e. The summed E-state index contributed by atoms with van der Waals surface area (Å²) in [6.45, 7) is 4.35. The van der Waals surface area contributed by atoms with E-state index in [1.54, 1.807) is 17.0 Å². The average Bonchev–Trinajstić information content (AvgIpc) is 3.01. The minimum absolute atomic E-state index is 0.0460. The van der Waals surface area contributed by atoms with Crippen molar-refractivity contribution in [3.05, 3.63) is 24.0 Å². The Balaban J connectivity index is 1.71. The molecule has 2 aliphatic rings. The van der Waals surface area contributed by atoms with Crippen LogP contribution >= 0.6 is 0 Å². The first kappa shape index (κ1) is 21.3. The van der Waals surface area contributed by atoms with Gasteiger partial charge in [0, 0.05) is 32.4 Å². The number of amides is 2. The van der Waals surface area contributed by atoms with Gasteiger partial charge in [0.05, 0.1) is 24.5 Å². The first-order chi connectivity index (χ1) is 13.6. The van der Waals surface area contributed by atoms with Crippen LogP contribution in [0.4, 0.5) is 20.6 Å². The predicted molar refractivity (Wildman–Crippen MR) is 107 cm³/mol. The van der Waals surface area contributed by atoms with E-state index in [9.17, 15) is 19.1 Å². The van der Waals surface area contributed by atoms with Crippen LogP contribution in [0.3, 0.4) is 0 Å². The lowest BCUT2D eigenvalue weighted by Crippen LogP contribution is -2.56. The molecule has 2 amide bonds. The molecule has 1 aromatic rings. The first-order valence-electron chi connectivity index (χ1n) is 9.79. The van der Waals surface area contributed by atoms with Gasteiger partial charge in [0.1, 0.15) is 17.6 Å². The van der Waals surface area contributed by atoms with Crippen LogP contribution in [-0.4, -0.2) is 73.6 Å². The molecule has 0 radical (unpaired) electrons. The summed E-state index contributed by atoms with van der Waals surface area (Å²) in [5.41, 5.74) is -0.0328. The van der Waals surface area contributed by atoms with Crippen LogP contribution in [-0.2, 0) is 9.53 Å². The second-order valence-corrected chi connectivity index (χ2v) is 8.06. The summed E-state index contributed by atoms with van der Waals surface area (Å²) in [4.78, 5) is 28.3. The Morgan fingerprint density at radius 1 is 1.45 bits per heavy atom. The molecule has 8 nitrogen and oxygen atoms in total. The van der Waals surface area contributed by atoms with E-state index in [1.807, 2.05) is 25.9 Å². The molecule has 1 aromatic carbocycles. The number of halogens is 1. The van der Waals surface area contributed by atoms with Crippen LogP contribution in [0.15, 0.2) is 18.2 Å². The molecule has 0 saturated carbocycles. The summed E-state index contributed by atoms with van der Waals surface area (Å²) in [5, 5.41) is 13.3. The fourth-order valence-electron chi connectivity index (χ4n) is 3.96.